The smallest absolute Gasteiger partial charge is 0.226 e. The van der Waals surface area contributed by atoms with Gasteiger partial charge in [-0.1, -0.05) is 58.9 Å². The lowest BCUT2D eigenvalue weighted by Crippen LogP contribution is -2.36. The van der Waals surface area contributed by atoms with Crippen molar-refractivity contribution in [3.8, 4) is 22.9 Å². The number of fused-ring (bicyclic) bond motifs is 1. The Bertz CT molecular complexity index is 1360. The molecule has 1 aliphatic carbocycles. The zero-order valence-electron chi connectivity index (χ0n) is 22.1. The molecule has 1 unspecified atom stereocenters. The van der Waals surface area contributed by atoms with Gasteiger partial charge in [-0.2, -0.15) is 4.98 Å². The number of anilines is 1. The van der Waals surface area contributed by atoms with Gasteiger partial charge in [0.1, 0.15) is 17.5 Å². The van der Waals surface area contributed by atoms with Crippen molar-refractivity contribution in [2.75, 3.05) is 19.5 Å². The summed E-state index contributed by atoms with van der Waals surface area (Å²) in [5, 5.41) is 8.38. The van der Waals surface area contributed by atoms with Crippen LogP contribution in [0, 0.1) is 5.41 Å². The van der Waals surface area contributed by atoms with E-state index in [4.69, 9.17) is 19.6 Å². The van der Waals surface area contributed by atoms with Crippen molar-refractivity contribution in [2.45, 2.75) is 58.9 Å². The summed E-state index contributed by atoms with van der Waals surface area (Å²) in [7, 11) is 3.27. The summed E-state index contributed by atoms with van der Waals surface area (Å²) >= 11 is 0. The van der Waals surface area contributed by atoms with Crippen molar-refractivity contribution in [1.29, 1.82) is 0 Å². The first-order chi connectivity index (χ1) is 17.0. The zero-order chi connectivity index (χ0) is 25.8. The lowest BCUT2D eigenvalue weighted by Gasteiger charge is -2.38. The monoisotopic (exact) mass is 486 g/mol. The highest BCUT2D eigenvalue weighted by Crippen LogP contribution is 2.47. The first kappa shape index (κ1) is 24.1. The fourth-order valence-corrected chi connectivity index (χ4v) is 5.19. The highest BCUT2D eigenvalue weighted by atomic mass is 16.5. The molecule has 36 heavy (non-hydrogen) atoms. The maximum absolute atomic E-state index is 13.6. The number of rotatable bonds is 4. The van der Waals surface area contributed by atoms with Gasteiger partial charge in [-0.25, -0.2) is 4.68 Å². The topological polar surface area (TPSA) is 78.3 Å². The number of allylic oxidation sites excluding steroid dienone is 2. The fraction of sp³-hybridized carbons (Fsp3) is 0.414. The second-order valence-corrected chi connectivity index (χ2v) is 11.5. The molecular weight excluding hydrogens is 452 g/mol. The molecule has 5 rings (SSSR count). The van der Waals surface area contributed by atoms with E-state index in [1.807, 2.05) is 22.9 Å². The number of carbonyl (C=O) groups excluding carboxylic acids is 1. The number of nitrogens with zero attached hydrogens (tertiary/aromatic N) is 3. The van der Waals surface area contributed by atoms with E-state index < -0.39 is 6.04 Å². The molecule has 0 saturated carbocycles. The lowest BCUT2D eigenvalue weighted by atomic mass is 9.73. The van der Waals surface area contributed by atoms with Gasteiger partial charge in [0, 0.05) is 28.8 Å². The molecule has 7 heteroatoms. The molecule has 1 aliphatic heterocycles. The number of benzene rings is 2. The van der Waals surface area contributed by atoms with Crippen molar-refractivity contribution in [3.05, 3.63) is 64.9 Å². The predicted octanol–water partition coefficient (Wildman–Crippen LogP) is 5.92. The van der Waals surface area contributed by atoms with Crippen LogP contribution in [0.5, 0.6) is 11.5 Å². The summed E-state index contributed by atoms with van der Waals surface area (Å²) in [4.78, 5) is 18.4. The van der Waals surface area contributed by atoms with E-state index in [1.165, 1.54) is 5.56 Å². The van der Waals surface area contributed by atoms with Gasteiger partial charge in [0.05, 0.1) is 14.2 Å². The Morgan fingerprint density at radius 3 is 2.39 bits per heavy atom. The number of nitrogens with one attached hydrogen (secondary N) is 1. The van der Waals surface area contributed by atoms with Crippen LogP contribution in [0.1, 0.15) is 64.6 Å². The standard InChI is InChI=1S/C29H34N4O3/c1-28(2,3)18-10-8-17(9-11-18)26-31-27-30-21-15-29(4,5)16-22(34)24(21)25(33(27)32-26)20-14-19(35-6)12-13-23(20)36-7/h8-14,25H,15-16H2,1-7H3,(H,30,31,32). The molecule has 0 amide bonds. The van der Waals surface area contributed by atoms with Gasteiger partial charge in [0.15, 0.2) is 11.6 Å². The van der Waals surface area contributed by atoms with Crippen LogP contribution in [0.15, 0.2) is 53.7 Å². The molecule has 0 saturated heterocycles. The van der Waals surface area contributed by atoms with Crippen molar-refractivity contribution in [2.24, 2.45) is 5.41 Å². The van der Waals surface area contributed by atoms with E-state index in [2.05, 4.69) is 64.2 Å². The Labute approximate surface area is 212 Å². The van der Waals surface area contributed by atoms with E-state index >= 15 is 0 Å². The number of methoxy groups -OCH3 is 2. The third-order valence-electron chi connectivity index (χ3n) is 7.07. The molecule has 1 atom stereocenters. The van der Waals surface area contributed by atoms with Crippen LogP contribution in [0.4, 0.5) is 5.95 Å². The van der Waals surface area contributed by atoms with Gasteiger partial charge >= 0.3 is 0 Å². The first-order valence-corrected chi connectivity index (χ1v) is 12.3. The minimum Gasteiger partial charge on any atom is -0.497 e. The summed E-state index contributed by atoms with van der Waals surface area (Å²) in [6, 6.07) is 13.6. The Morgan fingerprint density at radius 2 is 1.75 bits per heavy atom. The Balaban J connectivity index is 1.67. The molecule has 2 aliphatic rings. The predicted molar refractivity (Wildman–Crippen MR) is 141 cm³/mol. The molecule has 0 bridgehead atoms. The summed E-state index contributed by atoms with van der Waals surface area (Å²) < 4.78 is 13.1. The van der Waals surface area contributed by atoms with Crippen LogP contribution in [-0.4, -0.2) is 34.8 Å². The van der Waals surface area contributed by atoms with Crippen LogP contribution < -0.4 is 14.8 Å². The van der Waals surface area contributed by atoms with E-state index in [0.29, 0.717) is 35.3 Å². The van der Waals surface area contributed by atoms with Crippen molar-refractivity contribution >= 4 is 11.7 Å². The second kappa shape index (κ2) is 8.50. The molecule has 2 aromatic carbocycles. The Hall–Kier alpha value is -3.61. The maximum Gasteiger partial charge on any atom is 0.226 e. The minimum absolute atomic E-state index is 0.0606. The van der Waals surface area contributed by atoms with E-state index in [0.717, 1.165) is 23.2 Å². The van der Waals surface area contributed by atoms with Crippen molar-refractivity contribution in [3.63, 3.8) is 0 Å². The number of ether oxygens (including phenoxy) is 2. The van der Waals surface area contributed by atoms with Gasteiger partial charge < -0.3 is 14.8 Å². The zero-order valence-corrected chi connectivity index (χ0v) is 22.1. The number of aromatic nitrogens is 3. The SMILES string of the molecule is COc1ccc(OC)c(C2C3=C(CC(C)(C)CC3=O)Nc3nc(-c4ccc(C(C)(C)C)cc4)nn32)c1. The summed E-state index contributed by atoms with van der Waals surface area (Å²) in [6.45, 7) is 10.8. The number of Topliss-reactive ketones (excluding diaryl/α,β-unsaturated/α-hetero) is 1. The van der Waals surface area contributed by atoms with Crippen LogP contribution >= 0.6 is 0 Å². The quantitative estimate of drug-likeness (QED) is 0.493. The van der Waals surface area contributed by atoms with Crippen LogP contribution in [-0.2, 0) is 10.2 Å². The maximum atomic E-state index is 13.6. The average Bonchev–Trinajstić information content (AvgIpc) is 3.24. The number of carbonyl (C=O) groups is 1. The highest BCUT2D eigenvalue weighted by Gasteiger charge is 2.43. The van der Waals surface area contributed by atoms with Gasteiger partial charge in [0.25, 0.3) is 0 Å². The van der Waals surface area contributed by atoms with Gasteiger partial charge in [-0.3, -0.25) is 4.79 Å². The molecule has 0 radical (unpaired) electrons. The molecule has 0 spiro atoms. The summed E-state index contributed by atoms with van der Waals surface area (Å²) in [6.07, 6.45) is 1.22. The third kappa shape index (κ3) is 4.16. The van der Waals surface area contributed by atoms with Crippen molar-refractivity contribution < 1.29 is 14.3 Å². The molecule has 2 heterocycles. The first-order valence-electron chi connectivity index (χ1n) is 12.3. The largest absolute Gasteiger partial charge is 0.497 e. The van der Waals surface area contributed by atoms with Crippen molar-refractivity contribution in [1.82, 2.24) is 14.8 Å². The Morgan fingerprint density at radius 1 is 1.03 bits per heavy atom. The molecule has 0 fully saturated rings. The normalized spacial score (nSPS) is 18.9. The molecule has 7 nitrogen and oxygen atoms in total. The second-order valence-electron chi connectivity index (χ2n) is 11.5. The fourth-order valence-electron chi connectivity index (χ4n) is 5.19. The molecular formula is C29H34N4O3. The van der Waals surface area contributed by atoms with Gasteiger partial charge in [-0.15, -0.1) is 5.10 Å². The van der Waals surface area contributed by atoms with E-state index in [1.54, 1.807) is 14.2 Å². The average molecular weight is 487 g/mol. The molecule has 1 N–H and O–H groups in total. The molecule has 188 valence electrons. The number of hydrogen-bond acceptors (Lipinski definition) is 6. The third-order valence-corrected chi connectivity index (χ3v) is 7.07. The minimum atomic E-state index is -0.472. The lowest BCUT2D eigenvalue weighted by molar-refractivity contribution is -0.118. The van der Waals surface area contributed by atoms with Crippen LogP contribution in [0.25, 0.3) is 11.4 Å². The van der Waals surface area contributed by atoms with Crippen LogP contribution in [0.2, 0.25) is 0 Å². The highest BCUT2D eigenvalue weighted by molar-refractivity contribution is 6.00. The summed E-state index contributed by atoms with van der Waals surface area (Å²) in [5.74, 6) is 2.70. The van der Waals surface area contributed by atoms with Gasteiger partial charge in [-0.05, 0) is 41.0 Å². The Kier molecular flexibility index (Phi) is 5.69. The molecule has 3 aromatic rings. The summed E-state index contributed by atoms with van der Waals surface area (Å²) in [5.41, 5.74) is 4.53. The van der Waals surface area contributed by atoms with Crippen LogP contribution in [0.3, 0.4) is 0 Å². The van der Waals surface area contributed by atoms with Gasteiger partial charge in [0.2, 0.25) is 5.95 Å². The number of ketones is 1. The van der Waals surface area contributed by atoms with E-state index in [9.17, 15) is 4.79 Å². The molecule has 1 aromatic heterocycles. The van der Waals surface area contributed by atoms with E-state index in [-0.39, 0.29) is 16.6 Å². The number of hydrogen-bond donors (Lipinski definition) is 1.